The molecule has 0 bridgehead atoms. The van der Waals surface area contributed by atoms with Crippen molar-refractivity contribution in [2.45, 2.75) is 39.0 Å². The molecule has 2 amide bonds. The molecular formula is C22H30N2O4. The van der Waals surface area contributed by atoms with Gasteiger partial charge < -0.3 is 14.4 Å². The minimum Gasteiger partial charge on any atom is -0.494 e. The van der Waals surface area contributed by atoms with Crippen LogP contribution >= 0.6 is 0 Å². The van der Waals surface area contributed by atoms with Crippen LogP contribution in [0.3, 0.4) is 0 Å². The molecule has 2 aliphatic heterocycles. The highest BCUT2D eigenvalue weighted by molar-refractivity contribution is 6.35. The fraction of sp³-hybridized carbons (Fsp3) is 0.545. The molecule has 2 heterocycles. The number of likely N-dealkylation sites (tertiary alicyclic amines) is 1. The number of benzene rings is 1. The van der Waals surface area contributed by atoms with Crippen LogP contribution in [0, 0.1) is 0 Å². The molecule has 0 N–H and O–H groups in total. The second kappa shape index (κ2) is 9.73. The Hall–Kier alpha value is -2.34. The minimum atomic E-state index is -0.205. The molecule has 6 heteroatoms. The van der Waals surface area contributed by atoms with Crippen molar-refractivity contribution in [2.75, 3.05) is 40.0 Å². The number of rotatable bonds is 9. The first-order chi connectivity index (χ1) is 13.7. The standard InChI is InChI=1S/C22H30N2O4/c1-3-15-28-18-10-8-17(9-11-18)19-20(23-12-5-4-6-13-23)22(26)24(21(19)25)14-7-16-27-2/h8-11H,3-7,12-16H2,1-2H3. The Morgan fingerprint density at radius 1 is 0.964 bits per heavy atom. The molecule has 6 nitrogen and oxygen atoms in total. The van der Waals surface area contributed by atoms with Crippen molar-refractivity contribution in [1.29, 1.82) is 0 Å². The topological polar surface area (TPSA) is 59.1 Å². The Morgan fingerprint density at radius 2 is 1.68 bits per heavy atom. The predicted octanol–water partition coefficient (Wildman–Crippen LogP) is 3.08. The molecule has 3 rings (SSSR count). The van der Waals surface area contributed by atoms with Gasteiger partial charge >= 0.3 is 0 Å². The summed E-state index contributed by atoms with van der Waals surface area (Å²) >= 11 is 0. The van der Waals surface area contributed by atoms with Gasteiger partial charge in [0.05, 0.1) is 12.2 Å². The quantitative estimate of drug-likeness (QED) is 0.482. The van der Waals surface area contributed by atoms with Crippen molar-refractivity contribution >= 4 is 17.4 Å². The van der Waals surface area contributed by atoms with Crippen LogP contribution < -0.4 is 4.74 Å². The smallest absolute Gasteiger partial charge is 0.277 e. The number of carbonyl (C=O) groups excluding carboxylic acids is 2. The first kappa shape index (κ1) is 20.4. The number of piperidine rings is 1. The molecule has 0 aromatic heterocycles. The third kappa shape index (κ3) is 4.38. The van der Waals surface area contributed by atoms with E-state index in [2.05, 4.69) is 11.8 Å². The lowest BCUT2D eigenvalue weighted by atomic mass is 10.0. The minimum absolute atomic E-state index is 0.177. The number of methoxy groups -OCH3 is 1. The van der Waals surface area contributed by atoms with Crippen molar-refractivity contribution in [3.8, 4) is 5.75 Å². The number of ether oxygens (including phenoxy) is 2. The lowest BCUT2D eigenvalue weighted by Gasteiger charge is -2.29. The van der Waals surface area contributed by atoms with E-state index in [1.165, 1.54) is 11.3 Å². The number of hydrogen-bond donors (Lipinski definition) is 0. The average Bonchev–Trinajstić information content (AvgIpc) is 2.98. The Bertz CT molecular complexity index is 721. The van der Waals surface area contributed by atoms with E-state index in [0.717, 1.165) is 43.7 Å². The van der Waals surface area contributed by atoms with E-state index < -0.39 is 0 Å². The molecule has 0 radical (unpaired) electrons. The van der Waals surface area contributed by atoms with Crippen LogP contribution in [0.5, 0.6) is 5.75 Å². The van der Waals surface area contributed by atoms with Gasteiger partial charge in [0.25, 0.3) is 11.8 Å². The van der Waals surface area contributed by atoms with Gasteiger partial charge in [-0.05, 0) is 49.8 Å². The Morgan fingerprint density at radius 3 is 2.32 bits per heavy atom. The molecule has 1 aromatic carbocycles. The van der Waals surface area contributed by atoms with Crippen LogP contribution in [-0.4, -0.2) is 61.6 Å². The van der Waals surface area contributed by atoms with Gasteiger partial charge in [-0.25, -0.2) is 0 Å². The van der Waals surface area contributed by atoms with Crippen molar-refractivity contribution in [3.05, 3.63) is 35.5 Å². The molecule has 1 fully saturated rings. The normalized spacial score (nSPS) is 17.6. The summed E-state index contributed by atoms with van der Waals surface area (Å²) in [7, 11) is 1.62. The zero-order valence-electron chi connectivity index (χ0n) is 16.9. The summed E-state index contributed by atoms with van der Waals surface area (Å²) in [4.78, 5) is 29.8. The molecule has 0 aliphatic carbocycles. The summed E-state index contributed by atoms with van der Waals surface area (Å²) < 4.78 is 10.7. The van der Waals surface area contributed by atoms with E-state index in [-0.39, 0.29) is 11.8 Å². The van der Waals surface area contributed by atoms with Crippen LogP contribution in [0.1, 0.15) is 44.6 Å². The zero-order chi connectivity index (χ0) is 19.9. The van der Waals surface area contributed by atoms with Gasteiger partial charge in [-0.15, -0.1) is 0 Å². The monoisotopic (exact) mass is 386 g/mol. The molecule has 0 spiro atoms. The second-order valence-electron chi connectivity index (χ2n) is 7.25. The van der Waals surface area contributed by atoms with Crippen molar-refractivity contribution in [3.63, 3.8) is 0 Å². The first-order valence-corrected chi connectivity index (χ1v) is 10.2. The average molecular weight is 386 g/mol. The van der Waals surface area contributed by atoms with Crippen LogP contribution in [0.25, 0.3) is 5.57 Å². The highest BCUT2D eigenvalue weighted by Gasteiger charge is 2.41. The van der Waals surface area contributed by atoms with E-state index in [0.29, 0.717) is 37.4 Å². The summed E-state index contributed by atoms with van der Waals surface area (Å²) in [5, 5.41) is 0. The number of hydrogen-bond acceptors (Lipinski definition) is 5. The third-order valence-electron chi connectivity index (χ3n) is 5.16. The Balaban J connectivity index is 1.90. The molecule has 2 aliphatic rings. The van der Waals surface area contributed by atoms with Crippen LogP contribution in [0.2, 0.25) is 0 Å². The van der Waals surface area contributed by atoms with Gasteiger partial charge in [0.15, 0.2) is 0 Å². The lowest BCUT2D eigenvalue weighted by molar-refractivity contribution is -0.137. The fourth-order valence-corrected chi connectivity index (χ4v) is 3.74. The summed E-state index contributed by atoms with van der Waals surface area (Å²) in [5.41, 5.74) is 1.85. The highest BCUT2D eigenvalue weighted by atomic mass is 16.5. The molecular weight excluding hydrogens is 356 g/mol. The Labute approximate surface area is 167 Å². The van der Waals surface area contributed by atoms with Gasteiger partial charge in [0, 0.05) is 33.4 Å². The van der Waals surface area contributed by atoms with E-state index in [9.17, 15) is 9.59 Å². The predicted molar refractivity (Wildman–Crippen MR) is 108 cm³/mol. The van der Waals surface area contributed by atoms with Crippen molar-refractivity contribution in [1.82, 2.24) is 9.80 Å². The number of amides is 2. The molecule has 1 saturated heterocycles. The molecule has 0 unspecified atom stereocenters. The maximum absolute atomic E-state index is 13.2. The van der Waals surface area contributed by atoms with E-state index in [4.69, 9.17) is 9.47 Å². The maximum atomic E-state index is 13.2. The molecule has 152 valence electrons. The summed E-state index contributed by atoms with van der Waals surface area (Å²) in [6.45, 7) is 5.26. The zero-order valence-corrected chi connectivity index (χ0v) is 16.9. The van der Waals surface area contributed by atoms with Gasteiger partial charge in [-0.3, -0.25) is 14.5 Å². The number of imide groups is 1. The lowest BCUT2D eigenvalue weighted by Crippen LogP contribution is -2.37. The summed E-state index contributed by atoms with van der Waals surface area (Å²) in [6.07, 6.45) is 4.84. The second-order valence-corrected chi connectivity index (χ2v) is 7.25. The molecule has 0 atom stereocenters. The van der Waals surface area contributed by atoms with E-state index in [1.807, 2.05) is 24.3 Å². The van der Waals surface area contributed by atoms with Gasteiger partial charge in [0.1, 0.15) is 11.4 Å². The van der Waals surface area contributed by atoms with Crippen LogP contribution in [0.4, 0.5) is 0 Å². The van der Waals surface area contributed by atoms with Crippen molar-refractivity contribution in [2.24, 2.45) is 0 Å². The molecule has 1 aromatic rings. The summed E-state index contributed by atoms with van der Waals surface area (Å²) in [6, 6.07) is 7.51. The SMILES string of the molecule is CCCOc1ccc(C2=C(N3CCCCC3)C(=O)N(CCCOC)C2=O)cc1. The van der Waals surface area contributed by atoms with Crippen LogP contribution in [0.15, 0.2) is 30.0 Å². The van der Waals surface area contributed by atoms with Gasteiger partial charge in [0.2, 0.25) is 0 Å². The van der Waals surface area contributed by atoms with Gasteiger partial charge in [-0.2, -0.15) is 0 Å². The molecule has 0 saturated carbocycles. The van der Waals surface area contributed by atoms with Crippen LogP contribution in [-0.2, 0) is 14.3 Å². The van der Waals surface area contributed by atoms with E-state index in [1.54, 1.807) is 7.11 Å². The summed E-state index contributed by atoms with van der Waals surface area (Å²) in [5.74, 6) is 0.396. The van der Waals surface area contributed by atoms with Crippen molar-refractivity contribution < 1.29 is 19.1 Å². The first-order valence-electron chi connectivity index (χ1n) is 10.2. The fourth-order valence-electron chi connectivity index (χ4n) is 3.74. The third-order valence-corrected chi connectivity index (χ3v) is 5.16. The number of nitrogens with zero attached hydrogens (tertiary/aromatic N) is 2. The molecule has 28 heavy (non-hydrogen) atoms. The number of carbonyl (C=O) groups is 2. The van der Waals surface area contributed by atoms with Gasteiger partial charge in [-0.1, -0.05) is 19.1 Å². The van der Waals surface area contributed by atoms with E-state index >= 15 is 0 Å². The maximum Gasteiger partial charge on any atom is 0.277 e. The largest absolute Gasteiger partial charge is 0.494 e. The highest BCUT2D eigenvalue weighted by Crippen LogP contribution is 2.33. The Kier molecular flexibility index (Phi) is 7.09.